The number of carbonyl (C=O) groups is 2. The summed E-state index contributed by atoms with van der Waals surface area (Å²) in [6, 6.07) is 8.13. The molecule has 4 rings (SSSR count). The maximum absolute atomic E-state index is 14.3. The van der Waals surface area contributed by atoms with E-state index in [9.17, 15) is 35.9 Å². The molecule has 0 spiro atoms. The van der Waals surface area contributed by atoms with Gasteiger partial charge in [-0.25, -0.2) is 0 Å². The van der Waals surface area contributed by atoms with Crippen LogP contribution in [0.2, 0.25) is 0 Å². The Balaban J connectivity index is 1.57. The molecule has 0 unspecified atom stereocenters. The maximum atomic E-state index is 14.3. The van der Waals surface area contributed by atoms with Crippen molar-refractivity contribution in [3.8, 4) is 0 Å². The summed E-state index contributed by atoms with van der Waals surface area (Å²) in [5.41, 5.74) is -4.33. The lowest BCUT2D eigenvalue weighted by atomic mass is 9.96. The summed E-state index contributed by atoms with van der Waals surface area (Å²) in [4.78, 5) is 27.9. The van der Waals surface area contributed by atoms with Crippen LogP contribution in [0.25, 0.3) is 0 Å². The summed E-state index contributed by atoms with van der Waals surface area (Å²) < 4.78 is 90.4. The first-order valence-electron chi connectivity index (χ1n) is 13.5. The molecule has 2 saturated heterocycles. The van der Waals surface area contributed by atoms with Crippen molar-refractivity contribution < 1.29 is 40.7 Å². The standard InChI is InChI=1S/C29H31F6N3O3S2/c1-41-18-25(40)38-11-7-19(8-12-38)36-20-3-2-4-21(17-20)43-24-6-5-22(23(39)9-10-37-13-15-42-16-14-37)26(28(30,31)32)27(24)29(33,34)35/h2-6,9-10,17,19,36H,7-8,11-16,18H2,1H3. The summed E-state index contributed by atoms with van der Waals surface area (Å²) in [6.07, 6.45) is -7.27. The molecule has 0 aromatic heterocycles. The van der Waals surface area contributed by atoms with Crippen molar-refractivity contribution in [1.82, 2.24) is 9.80 Å². The summed E-state index contributed by atoms with van der Waals surface area (Å²) in [7, 11) is 1.45. The van der Waals surface area contributed by atoms with E-state index >= 15 is 0 Å². The lowest BCUT2D eigenvalue weighted by Gasteiger charge is -2.32. The van der Waals surface area contributed by atoms with E-state index in [-0.39, 0.29) is 18.6 Å². The molecule has 14 heteroatoms. The summed E-state index contributed by atoms with van der Waals surface area (Å²) in [6.45, 7) is 2.20. The zero-order chi connectivity index (χ0) is 31.2. The number of thioether (sulfide) groups is 1. The third-order valence-corrected chi connectivity index (χ3v) is 9.02. The number of ketones is 1. The van der Waals surface area contributed by atoms with E-state index < -0.39 is 39.7 Å². The second-order valence-electron chi connectivity index (χ2n) is 10.0. The number of anilines is 1. The molecule has 1 amide bonds. The number of methoxy groups -OCH3 is 1. The predicted octanol–water partition coefficient (Wildman–Crippen LogP) is 6.67. The van der Waals surface area contributed by atoms with Crippen LogP contribution in [0.4, 0.5) is 32.0 Å². The average molecular weight is 648 g/mol. The van der Waals surface area contributed by atoms with Gasteiger partial charge in [-0.3, -0.25) is 9.59 Å². The van der Waals surface area contributed by atoms with Gasteiger partial charge in [-0.15, -0.1) is 0 Å². The Bertz CT molecular complexity index is 1320. The van der Waals surface area contributed by atoms with E-state index in [2.05, 4.69) is 5.32 Å². The topological polar surface area (TPSA) is 61.9 Å². The van der Waals surface area contributed by atoms with Gasteiger partial charge in [-0.2, -0.15) is 38.1 Å². The average Bonchev–Trinajstić information content (AvgIpc) is 2.96. The van der Waals surface area contributed by atoms with Gasteiger partial charge in [0, 0.05) is 84.2 Å². The van der Waals surface area contributed by atoms with Gasteiger partial charge in [0.05, 0.1) is 11.1 Å². The Labute approximate surface area is 254 Å². The number of alkyl halides is 6. The van der Waals surface area contributed by atoms with E-state index in [0.717, 1.165) is 29.7 Å². The Morgan fingerprint density at radius 1 is 1.00 bits per heavy atom. The SMILES string of the molecule is COCC(=O)N1CCC(Nc2cccc(Sc3ccc(C(=O)C=CN4CCSCC4)c(C(F)(F)F)c3C(F)(F)F)c2)CC1. The Hall–Kier alpha value is -2.84. The van der Waals surface area contributed by atoms with Crippen molar-refractivity contribution in [3.63, 3.8) is 0 Å². The molecule has 234 valence electrons. The van der Waals surface area contributed by atoms with Crippen LogP contribution in [0.15, 0.2) is 58.5 Å². The van der Waals surface area contributed by atoms with Crippen LogP contribution in [0.5, 0.6) is 0 Å². The maximum Gasteiger partial charge on any atom is 0.418 e. The highest BCUT2D eigenvalue weighted by atomic mass is 32.2. The first-order valence-corrected chi connectivity index (χ1v) is 15.5. The first kappa shape index (κ1) is 33.1. The molecule has 1 N–H and O–H groups in total. The quantitative estimate of drug-likeness (QED) is 0.185. The third-order valence-electron chi connectivity index (χ3n) is 7.03. The Kier molecular flexibility index (Phi) is 11.0. The van der Waals surface area contributed by atoms with Gasteiger partial charge in [0.15, 0.2) is 5.78 Å². The molecule has 0 bridgehead atoms. The van der Waals surface area contributed by atoms with E-state index in [0.29, 0.717) is 61.4 Å². The number of carbonyl (C=O) groups excluding carboxylic acids is 2. The number of nitrogens with zero attached hydrogens (tertiary/aromatic N) is 2. The van der Waals surface area contributed by atoms with Crippen molar-refractivity contribution in [1.29, 1.82) is 0 Å². The fourth-order valence-electron chi connectivity index (χ4n) is 4.94. The monoisotopic (exact) mass is 647 g/mol. The number of rotatable bonds is 9. The lowest BCUT2D eigenvalue weighted by molar-refractivity contribution is -0.163. The number of allylic oxidation sites excluding steroid dienone is 1. The molecule has 0 saturated carbocycles. The smallest absolute Gasteiger partial charge is 0.382 e. The van der Waals surface area contributed by atoms with Crippen molar-refractivity contribution >= 4 is 40.9 Å². The van der Waals surface area contributed by atoms with Gasteiger partial charge < -0.3 is 19.9 Å². The van der Waals surface area contributed by atoms with Crippen LogP contribution in [0.3, 0.4) is 0 Å². The van der Waals surface area contributed by atoms with Crippen LogP contribution < -0.4 is 5.32 Å². The molecule has 2 aromatic rings. The van der Waals surface area contributed by atoms with Gasteiger partial charge >= 0.3 is 12.4 Å². The highest BCUT2D eigenvalue weighted by molar-refractivity contribution is 7.99. The molecule has 2 heterocycles. The Morgan fingerprint density at radius 2 is 1.67 bits per heavy atom. The summed E-state index contributed by atoms with van der Waals surface area (Å²) >= 11 is 2.24. The Morgan fingerprint density at radius 3 is 2.30 bits per heavy atom. The number of likely N-dealkylation sites (tertiary alicyclic amines) is 1. The molecule has 2 aromatic carbocycles. The molecule has 0 atom stereocenters. The summed E-state index contributed by atoms with van der Waals surface area (Å²) in [5, 5.41) is 3.30. The van der Waals surface area contributed by atoms with E-state index in [1.165, 1.54) is 19.4 Å². The largest absolute Gasteiger partial charge is 0.418 e. The van der Waals surface area contributed by atoms with Gasteiger partial charge in [0.1, 0.15) is 6.61 Å². The molecule has 0 radical (unpaired) electrons. The van der Waals surface area contributed by atoms with E-state index in [4.69, 9.17) is 4.74 Å². The highest BCUT2D eigenvalue weighted by Gasteiger charge is 2.47. The predicted molar refractivity (Wildman–Crippen MR) is 154 cm³/mol. The van der Waals surface area contributed by atoms with E-state index in [1.807, 2.05) is 0 Å². The molecular weight excluding hydrogens is 616 g/mol. The number of amides is 1. The molecule has 2 aliphatic heterocycles. The third kappa shape index (κ3) is 8.85. The summed E-state index contributed by atoms with van der Waals surface area (Å²) in [5.74, 6) is 0.307. The van der Waals surface area contributed by atoms with Gasteiger partial charge in [-0.05, 0) is 43.2 Å². The van der Waals surface area contributed by atoms with Crippen LogP contribution in [-0.4, -0.2) is 78.9 Å². The zero-order valence-electron chi connectivity index (χ0n) is 23.3. The van der Waals surface area contributed by atoms with Crippen molar-refractivity contribution in [2.24, 2.45) is 0 Å². The number of halogens is 6. The number of piperidine rings is 1. The van der Waals surface area contributed by atoms with Crippen molar-refractivity contribution in [2.75, 3.05) is 56.7 Å². The second kappa shape index (κ2) is 14.3. The minimum atomic E-state index is -5.43. The molecule has 43 heavy (non-hydrogen) atoms. The molecule has 2 aliphatic rings. The fourth-order valence-corrected chi connectivity index (χ4v) is 6.91. The molecule has 2 fully saturated rings. The highest BCUT2D eigenvalue weighted by Crippen LogP contribution is 2.48. The lowest BCUT2D eigenvalue weighted by Crippen LogP contribution is -2.43. The number of benzene rings is 2. The van der Waals surface area contributed by atoms with Crippen molar-refractivity contribution in [2.45, 2.75) is 41.0 Å². The van der Waals surface area contributed by atoms with Crippen LogP contribution in [0.1, 0.15) is 34.3 Å². The van der Waals surface area contributed by atoms with Crippen molar-refractivity contribution in [3.05, 3.63) is 65.4 Å². The normalized spacial score (nSPS) is 17.0. The fraction of sp³-hybridized carbons (Fsp3) is 0.448. The van der Waals surface area contributed by atoms with E-state index in [1.54, 1.807) is 39.8 Å². The molecule has 0 aliphatic carbocycles. The van der Waals surface area contributed by atoms with Gasteiger partial charge in [-0.1, -0.05) is 17.8 Å². The van der Waals surface area contributed by atoms with Gasteiger partial charge in [0.25, 0.3) is 0 Å². The number of hydrogen-bond donors (Lipinski definition) is 1. The van der Waals surface area contributed by atoms with Crippen LogP contribution in [-0.2, 0) is 21.9 Å². The second-order valence-corrected chi connectivity index (χ2v) is 12.4. The van der Waals surface area contributed by atoms with Crippen LogP contribution in [0, 0.1) is 0 Å². The zero-order valence-corrected chi connectivity index (χ0v) is 24.9. The number of nitrogens with one attached hydrogen (secondary N) is 1. The van der Waals surface area contributed by atoms with Crippen LogP contribution >= 0.6 is 23.5 Å². The minimum absolute atomic E-state index is 0.00290. The number of ether oxygens (including phenoxy) is 1. The molecular formula is C29H31F6N3O3S2. The minimum Gasteiger partial charge on any atom is -0.382 e. The van der Waals surface area contributed by atoms with Gasteiger partial charge in [0.2, 0.25) is 5.91 Å². The number of hydrogen-bond acceptors (Lipinski definition) is 7. The molecule has 6 nitrogen and oxygen atoms in total. The first-order chi connectivity index (χ1) is 20.4.